The van der Waals surface area contributed by atoms with Gasteiger partial charge in [0.2, 0.25) is 0 Å². The van der Waals surface area contributed by atoms with Gasteiger partial charge in [-0.3, -0.25) is 10.4 Å². The summed E-state index contributed by atoms with van der Waals surface area (Å²) in [5.74, 6) is 0. The Balaban J connectivity index is 2.34. The zero-order valence-corrected chi connectivity index (χ0v) is 12.9. The van der Waals surface area contributed by atoms with Gasteiger partial charge in [0.25, 0.3) is 0 Å². The van der Waals surface area contributed by atoms with Gasteiger partial charge in [-0.1, -0.05) is 12.1 Å². The summed E-state index contributed by atoms with van der Waals surface area (Å²) in [6.45, 7) is 1.26. The lowest BCUT2D eigenvalue weighted by molar-refractivity contribution is -0.138. The number of alkyl halides is 6. The van der Waals surface area contributed by atoms with E-state index in [1.165, 1.54) is 19.1 Å². The molecule has 2 aromatic rings. The third-order valence-electron chi connectivity index (χ3n) is 3.26. The highest BCUT2D eigenvalue weighted by atomic mass is 19.4. The smallest absolute Gasteiger partial charge is 0.372 e. The molecule has 0 saturated heterocycles. The zero-order valence-electron chi connectivity index (χ0n) is 12.9. The van der Waals surface area contributed by atoms with E-state index in [0.29, 0.717) is 0 Å². The molecule has 0 heterocycles. The van der Waals surface area contributed by atoms with Gasteiger partial charge in [0.05, 0.1) is 22.5 Å². The van der Waals surface area contributed by atoms with Gasteiger partial charge in [0, 0.05) is 0 Å². The fraction of sp³-hybridized carbons (Fsp3) is 0.250. The van der Waals surface area contributed by atoms with Crippen molar-refractivity contribution in [3.8, 4) is 0 Å². The number of hydrogen-bond donors (Lipinski definition) is 2. The first-order chi connectivity index (χ1) is 11.5. The van der Waals surface area contributed by atoms with Crippen molar-refractivity contribution in [2.24, 2.45) is 0 Å². The highest BCUT2D eigenvalue weighted by molar-refractivity contribution is 5.57. The maximum absolute atomic E-state index is 12.8. The van der Waals surface area contributed by atoms with Crippen molar-refractivity contribution in [2.45, 2.75) is 25.5 Å². The Kier molecular flexibility index (Phi) is 5.17. The van der Waals surface area contributed by atoms with Crippen LogP contribution in [0.5, 0.6) is 0 Å². The molecule has 25 heavy (non-hydrogen) atoms. The van der Waals surface area contributed by atoms with Crippen LogP contribution in [-0.2, 0) is 12.4 Å². The second-order valence-corrected chi connectivity index (χ2v) is 5.24. The normalized spacial score (nSPS) is 13.4. The van der Waals surface area contributed by atoms with E-state index < -0.39 is 29.7 Å². The lowest BCUT2D eigenvalue weighted by Crippen LogP contribution is -2.38. The van der Waals surface area contributed by atoms with Crippen LogP contribution in [-0.4, -0.2) is 11.3 Å². The first kappa shape index (κ1) is 18.9. The molecule has 2 N–H and O–H groups in total. The van der Waals surface area contributed by atoms with Crippen molar-refractivity contribution in [3.63, 3.8) is 0 Å². The summed E-state index contributed by atoms with van der Waals surface area (Å²) < 4.78 is 76.7. The summed E-state index contributed by atoms with van der Waals surface area (Å²) in [5.41, 5.74) is 0.547. The molecule has 9 heteroatoms. The SMILES string of the molecule is CC(O)N(Nc1cccc(C(F)(F)F)c1)c1cccc(C(F)(F)F)c1. The van der Waals surface area contributed by atoms with Gasteiger partial charge in [-0.25, -0.2) is 0 Å². The minimum atomic E-state index is -4.59. The Morgan fingerprint density at radius 2 is 1.40 bits per heavy atom. The molecule has 2 rings (SSSR count). The average Bonchev–Trinajstić information content (AvgIpc) is 2.51. The fourth-order valence-electron chi connectivity index (χ4n) is 2.11. The summed E-state index contributed by atoms with van der Waals surface area (Å²) in [7, 11) is 0. The number of benzene rings is 2. The summed E-state index contributed by atoms with van der Waals surface area (Å²) in [5, 5.41) is 10.7. The number of aliphatic hydroxyl groups is 1. The van der Waals surface area contributed by atoms with E-state index in [1.807, 2.05) is 0 Å². The summed E-state index contributed by atoms with van der Waals surface area (Å²) >= 11 is 0. The Hall–Kier alpha value is -2.42. The van der Waals surface area contributed by atoms with Crippen LogP contribution in [0.15, 0.2) is 48.5 Å². The predicted molar refractivity (Wildman–Crippen MR) is 80.7 cm³/mol. The minimum Gasteiger partial charge on any atom is -0.372 e. The van der Waals surface area contributed by atoms with Crippen LogP contribution in [0.1, 0.15) is 18.1 Å². The maximum atomic E-state index is 12.8. The van der Waals surface area contributed by atoms with Crippen LogP contribution in [0.3, 0.4) is 0 Å². The van der Waals surface area contributed by atoms with Gasteiger partial charge in [-0.2, -0.15) is 26.3 Å². The zero-order chi connectivity index (χ0) is 18.8. The third kappa shape index (κ3) is 4.79. The van der Waals surface area contributed by atoms with Crippen LogP contribution in [0.4, 0.5) is 37.7 Å². The molecule has 0 bridgehead atoms. The van der Waals surface area contributed by atoms with Gasteiger partial charge in [-0.05, 0) is 43.3 Å². The highest BCUT2D eigenvalue weighted by Gasteiger charge is 2.32. The Morgan fingerprint density at radius 3 is 1.92 bits per heavy atom. The number of nitrogens with one attached hydrogen (secondary N) is 1. The lowest BCUT2D eigenvalue weighted by Gasteiger charge is -2.29. The second-order valence-electron chi connectivity index (χ2n) is 5.24. The quantitative estimate of drug-likeness (QED) is 0.460. The molecule has 0 spiro atoms. The van der Waals surface area contributed by atoms with E-state index in [0.717, 1.165) is 41.4 Å². The van der Waals surface area contributed by atoms with Crippen molar-refractivity contribution < 1.29 is 31.4 Å². The van der Waals surface area contributed by atoms with Crippen LogP contribution < -0.4 is 10.4 Å². The number of aliphatic hydroxyl groups excluding tert-OH is 1. The van der Waals surface area contributed by atoms with Gasteiger partial charge in [-0.15, -0.1) is 0 Å². The van der Waals surface area contributed by atoms with Gasteiger partial charge >= 0.3 is 12.4 Å². The largest absolute Gasteiger partial charge is 0.416 e. The minimum absolute atomic E-state index is 0.0341. The first-order valence-electron chi connectivity index (χ1n) is 7.07. The summed E-state index contributed by atoms with van der Waals surface area (Å²) in [4.78, 5) is 0. The molecule has 0 aromatic heterocycles. The van der Waals surface area contributed by atoms with Gasteiger partial charge in [0.1, 0.15) is 6.23 Å². The summed E-state index contributed by atoms with van der Waals surface area (Å²) in [6, 6.07) is 8.19. The highest BCUT2D eigenvalue weighted by Crippen LogP contribution is 2.33. The van der Waals surface area contributed by atoms with E-state index in [9.17, 15) is 31.4 Å². The molecule has 0 aliphatic heterocycles. The van der Waals surface area contributed by atoms with Crippen LogP contribution in [0, 0.1) is 0 Å². The molecule has 0 radical (unpaired) electrons. The molecular formula is C16H14F6N2O. The number of rotatable bonds is 4. The molecule has 0 aliphatic carbocycles. The first-order valence-corrected chi connectivity index (χ1v) is 7.07. The number of nitrogens with zero attached hydrogens (tertiary/aromatic N) is 1. The molecule has 2 aromatic carbocycles. The fourth-order valence-corrected chi connectivity index (χ4v) is 2.11. The Morgan fingerprint density at radius 1 is 0.880 bits per heavy atom. The molecule has 0 saturated carbocycles. The van der Waals surface area contributed by atoms with E-state index in [1.54, 1.807) is 0 Å². The number of halogens is 6. The molecule has 0 amide bonds. The van der Waals surface area contributed by atoms with Gasteiger partial charge < -0.3 is 5.11 Å². The molecule has 0 aliphatic rings. The topological polar surface area (TPSA) is 35.5 Å². The van der Waals surface area contributed by atoms with E-state index >= 15 is 0 Å². The number of hydrazine groups is 1. The van der Waals surface area contributed by atoms with Crippen molar-refractivity contribution in [1.82, 2.24) is 0 Å². The van der Waals surface area contributed by atoms with Crippen LogP contribution in [0.2, 0.25) is 0 Å². The van der Waals surface area contributed by atoms with E-state index in [2.05, 4.69) is 5.43 Å². The van der Waals surface area contributed by atoms with Gasteiger partial charge in [0.15, 0.2) is 0 Å². The lowest BCUT2D eigenvalue weighted by atomic mass is 10.2. The van der Waals surface area contributed by atoms with Crippen molar-refractivity contribution in [1.29, 1.82) is 0 Å². The van der Waals surface area contributed by atoms with E-state index in [4.69, 9.17) is 0 Å². The molecule has 1 unspecified atom stereocenters. The number of hydrogen-bond acceptors (Lipinski definition) is 3. The predicted octanol–water partition coefficient (Wildman–Crippen LogP) is 4.90. The standard InChI is InChI=1S/C16H14F6N2O/c1-10(25)24(14-7-3-5-12(9-14)16(20,21)22)23-13-6-2-4-11(8-13)15(17,18)19/h2-10,23,25H,1H3. The monoisotopic (exact) mass is 364 g/mol. The second kappa shape index (κ2) is 6.83. The van der Waals surface area contributed by atoms with Crippen molar-refractivity contribution in [3.05, 3.63) is 59.7 Å². The van der Waals surface area contributed by atoms with E-state index in [-0.39, 0.29) is 11.4 Å². The number of anilines is 2. The van der Waals surface area contributed by atoms with Crippen LogP contribution in [0.25, 0.3) is 0 Å². The molecule has 1 atom stereocenters. The molecule has 3 nitrogen and oxygen atoms in total. The molecule has 0 fully saturated rings. The average molecular weight is 364 g/mol. The summed E-state index contributed by atoms with van der Waals surface area (Å²) in [6.07, 6.45) is -10.5. The third-order valence-corrected chi connectivity index (χ3v) is 3.26. The van der Waals surface area contributed by atoms with Crippen molar-refractivity contribution >= 4 is 11.4 Å². The van der Waals surface area contributed by atoms with Crippen LogP contribution >= 0.6 is 0 Å². The molecule has 136 valence electrons. The Bertz CT molecular complexity index is 727. The molecular weight excluding hydrogens is 350 g/mol. The maximum Gasteiger partial charge on any atom is 0.416 e. The Labute approximate surface area is 139 Å². The van der Waals surface area contributed by atoms with Crippen molar-refractivity contribution in [2.75, 3.05) is 10.4 Å².